The summed E-state index contributed by atoms with van der Waals surface area (Å²) in [5.74, 6) is -0.253. The number of hydrogen-bond donors (Lipinski definition) is 1. The Labute approximate surface area is 141 Å². The van der Waals surface area contributed by atoms with E-state index >= 15 is 0 Å². The molecular weight excluding hydrogens is 317 g/mol. The van der Waals surface area contributed by atoms with Gasteiger partial charge in [0.25, 0.3) is 0 Å². The van der Waals surface area contributed by atoms with Crippen molar-refractivity contribution in [2.45, 2.75) is 0 Å². The van der Waals surface area contributed by atoms with Crippen LogP contribution in [0.15, 0.2) is 91.0 Å². The smallest absolute Gasteiger partial charge is 0.232 e. The number of carbonyl (C=O) groups is 1. The van der Waals surface area contributed by atoms with Gasteiger partial charge in [-0.3, -0.25) is 4.79 Å². The summed E-state index contributed by atoms with van der Waals surface area (Å²) in [4.78, 5) is 12.5. The number of anilines is 1. The van der Waals surface area contributed by atoms with Gasteiger partial charge in [0.05, 0.1) is 6.16 Å². The zero-order valence-corrected chi connectivity index (χ0v) is 14.0. The van der Waals surface area contributed by atoms with E-state index in [0.717, 1.165) is 0 Å². The molecule has 120 valence electrons. The van der Waals surface area contributed by atoms with Crippen molar-refractivity contribution < 1.29 is 9.36 Å². The largest absolute Gasteiger partial charge is 0.326 e. The van der Waals surface area contributed by atoms with Gasteiger partial charge in [0.2, 0.25) is 5.91 Å². The molecule has 24 heavy (non-hydrogen) atoms. The second-order valence-corrected chi connectivity index (χ2v) is 8.31. The number of benzene rings is 3. The van der Waals surface area contributed by atoms with Crippen LogP contribution in [0.4, 0.5) is 5.69 Å². The van der Waals surface area contributed by atoms with Crippen molar-refractivity contribution in [1.29, 1.82) is 0 Å². The summed E-state index contributed by atoms with van der Waals surface area (Å²) >= 11 is 0. The van der Waals surface area contributed by atoms with Gasteiger partial charge in [0.1, 0.15) is 0 Å². The highest BCUT2D eigenvalue weighted by Gasteiger charge is 2.30. The third-order valence-corrected chi connectivity index (χ3v) is 6.77. The lowest BCUT2D eigenvalue weighted by molar-refractivity contribution is -0.113. The van der Waals surface area contributed by atoms with Gasteiger partial charge >= 0.3 is 0 Å². The van der Waals surface area contributed by atoms with E-state index in [2.05, 4.69) is 5.32 Å². The van der Waals surface area contributed by atoms with E-state index in [1.165, 1.54) is 0 Å². The normalized spacial score (nSPS) is 11.0. The lowest BCUT2D eigenvalue weighted by Crippen LogP contribution is -2.26. The summed E-state index contributed by atoms with van der Waals surface area (Å²) in [6.45, 7) is 0. The van der Waals surface area contributed by atoms with Gasteiger partial charge in [-0.1, -0.05) is 78.9 Å². The molecule has 1 N–H and O–H groups in total. The van der Waals surface area contributed by atoms with E-state index in [1.807, 2.05) is 91.0 Å². The maximum absolute atomic E-state index is 13.8. The minimum Gasteiger partial charge on any atom is -0.326 e. The highest BCUT2D eigenvalue weighted by Crippen LogP contribution is 2.43. The van der Waals surface area contributed by atoms with Crippen LogP contribution in [-0.2, 0) is 9.36 Å². The molecule has 0 aliphatic carbocycles. The molecular formula is C20H18NO2P. The standard InChI is InChI=1S/C20H18NO2P/c22-20(21-17-10-4-1-5-11-17)16-24(23,18-12-6-2-7-13-18)19-14-8-3-9-15-19/h1-15H,16H2,(H,21,22). The summed E-state index contributed by atoms with van der Waals surface area (Å²) in [5.41, 5.74) is 0.704. The fourth-order valence-electron chi connectivity index (χ4n) is 2.59. The van der Waals surface area contributed by atoms with Crippen LogP contribution < -0.4 is 15.9 Å². The van der Waals surface area contributed by atoms with Crippen LogP contribution in [0.3, 0.4) is 0 Å². The first-order valence-corrected chi connectivity index (χ1v) is 9.63. The zero-order valence-electron chi connectivity index (χ0n) is 13.1. The molecule has 3 nitrogen and oxygen atoms in total. The van der Waals surface area contributed by atoms with Crippen molar-refractivity contribution in [3.05, 3.63) is 91.0 Å². The number of carbonyl (C=O) groups excluding carboxylic acids is 1. The van der Waals surface area contributed by atoms with Gasteiger partial charge in [-0.05, 0) is 12.1 Å². The summed E-state index contributed by atoms with van der Waals surface area (Å²) in [6, 6.07) is 27.6. The third kappa shape index (κ3) is 3.64. The second kappa shape index (κ2) is 7.29. The Bertz CT molecular complexity index is 805. The van der Waals surface area contributed by atoms with Crippen LogP contribution in [-0.4, -0.2) is 12.1 Å². The number of hydrogen-bond acceptors (Lipinski definition) is 2. The molecule has 4 heteroatoms. The lowest BCUT2D eigenvalue weighted by atomic mass is 10.3. The molecule has 0 saturated heterocycles. The zero-order chi connectivity index (χ0) is 16.8. The van der Waals surface area contributed by atoms with Crippen LogP contribution in [0, 0.1) is 0 Å². The maximum Gasteiger partial charge on any atom is 0.232 e. The van der Waals surface area contributed by atoms with Gasteiger partial charge in [0, 0.05) is 16.3 Å². The van der Waals surface area contributed by atoms with E-state index in [4.69, 9.17) is 0 Å². The first-order valence-electron chi connectivity index (χ1n) is 7.74. The fraction of sp³-hybridized carbons (Fsp3) is 0.0500. The molecule has 3 aromatic carbocycles. The molecule has 0 fully saturated rings. The Hall–Kier alpha value is -2.64. The average Bonchev–Trinajstić information content (AvgIpc) is 2.64. The van der Waals surface area contributed by atoms with Crippen LogP contribution in [0.2, 0.25) is 0 Å². The number of amides is 1. The first-order chi connectivity index (χ1) is 11.7. The summed E-state index contributed by atoms with van der Waals surface area (Å²) in [7, 11) is -3.03. The van der Waals surface area contributed by atoms with Crippen LogP contribution in [0.5, 0.6) is 0 Å². The highest BCUT2D eigenvalue weighted by molar-refractivity contribution is 7.79. The van der Waals surface area contributed by atoms with Crippen molar-refractivity contribution >= 4 is 29.3 Å². The fourth-order valence-corrected chi connectivity index (χ4v) is 5.05. The topological polar surface area (TPSA) is 46.2 Å². The molecule has 3 aromatic rings. The minimum atomic E-state index is -3.03. The van der Waals surface area contributed by atoms with Crippen LogP contribution >= 0.6 is 7.14 Å². The molecule has 0 aliphatic rings. The van der Waals surface area contributed by atoms with Crippen LogP contribution in [0.1, 0.15) is 0 Å². The molecule has 3 rings (SSSR count). The van der Waals surface area contributed by atoms with Crippen molar-refractivity contribution in [3.8, 4) is 0 Å². The predicted octanol–water partition coefficient (Wildman–Crippen LogP) is 3.64. The molecule has 0 heterocycles. The third-order valence-electron chi connectivity index (χ3n) is 3.77. The van der Waals surface area contributed by atoms with Gasteiger partial charge in [-0.2, -0.15) is 0 Å². The van der Waals surface area contributed by atoms with E-state index < -0.39 is 7.14 Å². The predicted molar refractivity (Wildman–Crippen MR) is 99.7 cm³/mol. The number of para-hydroxylation sites is 1. The van der Waals surface area contributed by atoms with Gasteiger partial charge in [-0.25, -0.2) is 0 Å². The Kier molecular flexibility index (Phi) is 4.93. The lowest BCUT2D eigenvalue weighted by Gasteiger charge is -2.19. The maximum atomic E-state index is 13.8. The number of nitrogens with one attached hydrogen (secondary N) is 1. The van der Waals surface area contributed by atoms with E-state index in [0.29, 0.717) is 16.3 Å². The van der Waals surface area contributed by atoms with E-state index in [-0.39, 0.29) is 12.1 Å². The van der Waals surface area contributed by atoms with Gasteiger partial charge in [0.15, 0.2) is 7.14 Å². The molecule has 0 aromatic heterocycles. The average molecular weight is 335 g/mol. The molecule has 0 unspecified atom stereocenters. The monoisotopic (exact) mass is 335 g/mol. The van der Waals surface area contributed by atoms with Crippen molar-refractivity contribution in [2.24, 2.45) is 0 Å². The van der Waals surface area contributed by atoms with Crippen molar-refractivity contribution in [1.82, 2.24) is 0 Å². The molecule has 0 spiro atoms. The minimum absolute atomic E-state index is 0.0596. The first kappa shape index (κ1) is 16.2. The Morgan fingerprint density at radius 3 is 1.58 bits per heavy atom. The molecule has 0 atom stereocenters. The Balaban J connectivity index is 1.92. The van der Waals surface area contributed by atoms with Gasteiger partial charge in [-0.15, -0.1) is 0 Å². The molecule has 0 radical (unpaired) electrons. The molecule has 1 amide bonds. The summed E-state index contributed by atoms with van der Waals surface area (Å²) in [6.07, 6.45) is -0.0596. The Morgan fingerprint density at radius 2 is 1.12 bits per heavy atom. The van der Waals surface area contributed by atoms with Gasteiger partial charge < -0.3 is 9.88 Å². The summed E-state index contributed by atoms with van der Waals surface area (Å²) < 4.78 is 13.8. The van der Waals surface area contributed by atoms with Crippen LogP contribution in [0.25, 0.3) is 0 Å². The quantitative estimate of drug-likeness (QED) is 0.724. The Morgan fingerprint density at radius 1 is 0.708 bits per heavy atom. The molecule has 0 saturated carbocycles. The second-order valence-electron chi connectivity index (χ2n) is 5.48. The van der Waals surface area contributed by atoms with Crippen molar-refractivity contribution in [3.63, 3.8) is 0 Å². The highest BCUT2D eigenvalue weighted by atomic mass is 31.2. The van der Waals surface area contributed by atoms with Crippen molar-refractivity contribution in [2.75, 3.05) is 11.5 Å². The summed E-state index contributed by atoms with van der Waals surface area (Å²) in [5, 5.41) is 4.21. The molecule has 0 aliphatic heterocycles. The van der Waals surface area contributed by atoms with E-state index in [9.17, 15) is 9.36 Å². The molecule has 0 bridgehead atoms. The van der Waals surface area contributed by atoms with E-state index in [1.54, 1.807) is 0 Å². The SMILES string of the molecule is O=C(CP(=O)(c1ccccc1)c1ccccc1)Nc1ccccc1. The number of rotatable bonds is 5.